The monoisotopic (exact) mass is 267 g/mol. The average Bonchev–Trinajstić information content (AvgIpc) is 2.89. The van der Waals surface area contributed by atoms with Crippen LogP contribution in [0.5, 0.6) is 0 Å². The molecular formula is C12H17N3O2S. The molecular weight excluding hydrogens is 250 g/mol. The average molecular weight is 267 g/mol. The number of aromatic nitrogens is 2. The summed E-state index contributed by atoms with van der Waals surface area (Å²) in [6.07, 6.45) is 6.86. The predicted molar refractivity (Wildman–Crippen MR) is 70.1 cm³/mol. The zero-order chi connectivity index (χ0) is 13.0. The van der Waals surface area contributed by atoms with Crippen LogP contribution in [0.25, 0.3) is 0 Å². The number of carbonyl (C=O) groups excluding carboxylic acids is 2. The molecule has 1 aromatic rings. The summed E-state index contributed by atoms with van der Waals surface area (Å²) in [4.78, 5) is 28.6. The lowest BCUT2D eigenvalue weighted by molar-refractivity contribution is -0.127. The fraction of sp³-hybridized carbons (Fsp3) is 0.583. The number of hydrogen-bond donors (Lipinski definition) is 0. The lowest BCUT2D eigenvalue weighted by atomic mass is 10.4. The number of amides is 1. The maximum atomic E-state index is 11.7. The predicted octanol–water partition coefficient (Wildman–Crippen LogP) is 1.15. The number of nitrogens with zero attached hydrogens (tertiary/aromatic N) is 3. The Morgan fingerprint density at radius 1 is 1.56 bits per heavy atom. The highest BCUT2D eigenvalue weighted by Crippen LogP contribution is 2.24. The highest BCUT2D eigenvalue weighted by molar-refractivity contribution is 8.14. The molecule has 2 rings (SSSR count). The molecule has 5 nitrogen and oxygen atoms in total. The van der Waals surface area contributed by atoms with Gasteiger partial charge in [-0.2, -0.15) is 0 Å². The van der Waals surface area contributed by atoms with E-state index in [1.807, 2.05) is 15.7 Å². The Labute approximate surface area is 111 Å². The summed E-state index contributed by atoms with van der Waals surface area (Å²) in [6.45, 7) is 3.88. The lowest BCUT2D eigenvalue weighted by Gasteiger charge is -2.16. The van der Waals surface area contributed by atoms with Gasteiger partial charge < -0.3 is 9.47 Å². The van der Waals surface area contributed by atoms with E-state index in [2.05, 4.69) is 4.98 Å². The van der Waals surface area contributed by atoms with Crippen LogP contribution in [0.4, 0.5) is 0 Å². The van der Waals surface area contributed by atoms with E-state index in [0.29, 0.717) is 13.0 Å². The Morgan fingerprint density at radius 2 is 2.39 bits per heavy atom. The Kier molecular flexibility index (Phi) is 4.41. The maximum absolute atomic E-state index is 11.7. The first-order chi connectivity index (χ1) is 8.65. The van der Waals surface area contributed by atoms with E-state index in [1.165, 1.54) is 11.8 Å². The third kappa shape index (κ3) is 3.60. The van der Waals surface area contributed by atoms with E-state index in [1.54, 1.807) is 19.4 Å². The van der Waals surface area contributed by atoms with E-state index in [0.717, 1.165) is 19.5 Å². The summed E-state index contributed by atoms with van der Waals surface area (Å²) in [6, 6.07) is 0. The van der Waals surface area contributed by atoms with Gasteiger partial charge in [0, 0.05) is 50.6 Å². The second kappa shape index (κ2) is 6.04. The minimum Gasteiger partial charge on any atom is -0.341 e. The summed E-state index contributed by atoms with van der Waals surface area (Å²) < 4.78 is 2.00. The van der Waals surface area contributed by atoms with Gasteiger partial charge in [0.1, 0.15) is 0 Å². The zero-order valence-electron chi connectivity index (χ0n) is 10.4. The lowest BCUT2D eigenvalue weighted by Crippen LogP contribution is -2.27. The number of rotatable bonds is 5. The van der Waals surface area contributed by atoms with Gasteiger partial charge in [-0.05, 0) is 6.42 Å². The first-order valence-electron chi connectivity index (χ1n) is 6.06. The van der Waals surface area contributed by atoms with Crippen LogP contribution in [0.3, 0.4) is 0 Å². The van der Waals surface area contributed by atoms with Gasteiger partial charge in [0.15, 0.2) is 5.12 Å². The van der Waals surface area contributed by atoms with Crippen molar-refractivity contribution in [2.75, 3.05) is 13.1 Å². The molecule has 0 spiro atoms. The van der Waals surface area contributed by atoms with Crippen molar-refractivity contribution < 1.29 is 9.59 Å². The van der Waals surface area contributed by atoms with Gasteiger partial charge in [-0.15, -0.1) is 0 Å². The van der Waals surface area contributed by atoms with Crippen LogP contribution in [0.15, 0.2) is 18.7 Å². The molecule has 0 radical (unpaired) electrons. The van der Waals surface area contributed by atoms with Crippen molar-refractivity contribution in [1.29, 1.82) is 0 Å². The fourth-order valence-corrected chi connectivity index (χ4v) is 3.08. The summed E-state index contributed by atoms with van der Waals surface area (Å²) in [5.41, 5.74) is 0. The molecule has 1 saturated heterocycles. The minimum absolute atomic E-state index is 0.0908. The molecule has 98 valence electrons. The van der Waals surface area contributed by atoms with E-state index < -0.39 is 0 Å². The Bertz CT molecular complexity index is 419. The van der Waals surface area contributed by atoms with Crippen molar-refractivity contribution in [3.8, 4) is 0 Å². The molecule has 1 aliphatic heterocycles. The number of thioether (sulfide) groups is 1. The quantitative estimate of drug-likeness (QED) is 0.803. The van der Waals surface area contributed by atoms with Gasteiger partial charge in [-0.1, -0.05) is 11.8 Å². The summed E-state index contributed by atoms with van der Waals surface area (Å²) in [7, 11) is 0. The highest BCUT2D eigenvalue weighted by atomic mass is 32.2. The molecule has 0 saturated carbocycles. The number of aryl methyl sites for hydroxylation is 1. The van der Waals surface area contributed by atoms with Gasteiger partial charge in [0.25, 0.3) is 0 Å². The van der Waals surface area contributed by atoms with E-state index in [4.69, 9.17) is 0 Å². The summed E-state index contributed by atoms with van der Waals surface area (Å²) in [5.74, 6) is 0.166. The van der Waals surface area contributed by atoms with Gasteiger partial charge in [0.2, 0.25) is 5.91 Å². The largest absolute Gasteiger partial charge is 0.341 e. The Morgan fingerprint density at radius 3 is 3.06 bits per heavy atom. The summed E-state index contributed by atoms with van der Waals surface area (Å²) in [5, 5.41) is 0.233. The number of carbonyl (C=O) groups is 2. The van der Waals surface area contributed by atoms with Crippen LogP contribution < -0.4 is 0 Å². The van der Waals surface area contributed by atoms with E-state index in [-0.39, 0.29) is 16.3 Å². The number of hydrogen-bond acceptors (Lipinski definition) is 4. The molecule has 0 bridgehead atoms. The van der Waals surface area contributed by atoms with Crippen LogP contribution in [0, 0.1) is 0 Å². The van der Waals surface area contributed by atoms with Crippen molar-refractivity contribution in [2.45, 2.75) is 31.6 Å². The highest BCUT2D eigenvalue weighted by Gasteiger charge is 2.30. The van der Waals surface area contributed by atoms with E-state index >= 15 is 0 Å². The molecule has 1 atom stereocenters. The molecule has 1 aliphatic rings. The fourth-order valence-electron chi connectivity index (χ4n) is 2.13. The van der Waals surface area contributed by atoms with Crippen LogP contribution in [0.2, 0.25) is 0 Å². The zero-order valence-corrected chi connectivity index (χ0v) is 11.2. The standard InChI is InChI=1S/C12H17N3O2S/c1-10(16)18-11-7-12(17)15(8-11)5-2-4-14-6-3-13-9-14/h3,6,9,11H,2,4-5,7-8H2,1H3. The topological polar surface area (TPSA) is 55.2 Å². The molecule has 0 aromatic carbocycles. The van der Waals surface area contributed by atoms with Crippen molar-refractivity contribution in [1.82, 2.24) is 14.5 Å². The SMILES string of the molecule is CC(=O)SC1CC(=O)N(CCCn2ccnc2)C1. The van der Waals surface area contributed by atoms with Gasteiger partial charge in [0.05, 0.1) is 6.33 Å². The molecule has 1 amide bonds. The Balaban J connectivity index is 1.73. The third-order valence-electron chi connectivity index (χ3n) is 2.92. The molecule has 2 heterocycles. The molecule has 1 aromatic heterocycles. The molecule has 6 heteroatoms. The third-order valence-corrected chi connectivity index (χ3v) is 3.90. The molecule has 1 unspecified atom stereocenters. The molecule has 0 aliphatic carbocycles. The van der Waals surface area contributed by atoms with Crippen molar-refractivity contribution in [3.05, 3.63) is 18.7 Å². The van der Waals surface area contributed by atoms with Crippen molar-refractivity contribution >= 4 is 22.8 Å². The number of likely N-dealkylation sites (tertiary alicyclic amines) is 1. The molecule has 1 fully saturated rings. The minimum atomic E-state index is 0.0908. The second-order valence-corrected chi connectivity index (χ2v) is 5.91. The van der Waals surface area contributed by atoms with Crippen LogP contribution in [0.1, 0.15) is 19.8 Å². The second-order valence-electron chi connectivity index (χ2n) is 4.43. The van der Waals surface area contributed by atoms with Crippen LogP contribution in [-0.2, 0) is 16.1 Å². The smallest absolute Gasteiger partial charge is 0.223 e. The van der Waals surface area contributed by atoms with Gasteiger partial charge in [-0.25, -0.2) is 4.98 Å². The number of imidazole rings is 1. The van der Waals surface area contributed by atoms with Gasteiger partial charge >= 0.3 is 0 Å². The maximum Gasteiger partial charge on any atom is 0.223 e. The summed E-state index contributed by atoms with van der Waals surface area (Å²) >= 11 is 1.28. The normalized spacial score (nSPS) is 19.5. The Hall–Kier alpha value is -1.30. The van der Waals surface area contributed by atoms with Crippen LogP contribution >= 0.6 is 11.8 Å². The first kappa shape index (κ1) is 13.1. The first-order valence-corrected chi connectivity index (χ1v) is 6.94. The van der Waals surface area contributed by atoms with Gasteiger partial charge in [-0.3, -0.25) is 9.59 Å². The van der Waals surface area contributed by atoms with Crippen LogP contribution in [-0.4, -0.2) is 43.8 Å². The van der Waals surface area contributed by atoms with Crippen molar-refractivity contribution in [3.63, 3.8) is 0 Å². The molecule has 0 N–H and O–H groups in total. The van der Waals surface area contributed by atoms with Crippen molar-refractivity contribution in [2.24, 2.45) is 0 Å². The molecule has 18 heavy (non-hydrogen) atoms. The van der Waals surface area contributed by atoms with E-state index in [9.17, 15) is 9.59 Å².